The van der Waals surface area contributed by atoms with Crippen LogP contribution in [0, 0.1) is 6.92 Å². The van der Waals surface area contributed by atoms with Crippen molar-refractivity contribution in [3.63, 3.8) is 0 Å². The number of nitrogens with zero attached hydrogens (tertiary/aromatic N) is 1. The van der Waals surface area contributed by atoms with Crippen LogP contribution < -0.4 is 5.32 Å². The molecule has 5 nitrogen and oxygen atoms in total. The molecule has 0 saturated heterocycles. The molecule has 1 unspecified atom stereocenters. The second kappa shape index (κ2) is 5.14. The number of likely N-dealkylation sites (N-methyl/N-ethyl adjacent to an activating group) is 1. The van der Waals surface area contributed by atoms with Gasteiger partial charge in [0.25, 0.3) is 11.8 Å². The highest BCUT2D eigenvalue weighted by molar-refractivity contribution is 6.26. The Kier molecular flexibility index (Phi) is 2.91. The van der Waals surface area contributed by atoms with Crippen LogP contribution in [0.5, 0.6) is 0 Å². The predicted octanol–water partition coefficient (Wildman–Crippen LogP) is 2.42. The van der Waals surface area contributed by atoms with E-state index in [1.165, 1.54) is 7.05 Å². The van der Waals surface area contributed by atoms with Crippen molar-refractivity contribution in [1.82, 2.24) is 4.90 Å². The molecule has 1 N–H and O–H groups in total. The van der Waals surface area contributed by atoms with Crippen molar-refractivity contribution in [3.05, 3.63) is 76.8 Å². The second-order valence-corrected chi connectivity index (χ2v) is 6.29. The van der Waals surface area contributed by atoms with Crippen LogP contribution in [-0.2, 0) is 15.1 Å². The summed E-state index contributed by atoms with van der Waals surface area (Å²) in [5.74, 6) is -1.67. The summed E-state index contributed by atoms with van der Waals surface area (Å²) in [7, 11) is 1.32. The third-order valence-corrected chi connectivity index (χ3v) is 4.72. The zero-order valence-corrected chi connectivity index (χ0v) is 13.8. The van der Waals surface area contributed by atoms with E-state index in [1.54, 1.807) is 42.5 Å². The molecular formula is C20H16N2O3. The van der Waals surface area contributed by atoms with E-state index < -0.39 is 23.4 Å². The van der Waals surface area contributed by atoms with Crippen molar-refractivity contribution in [2.24, 2.45) is 0 Å². The smallest absolute Gasteiger partial charge is 0.259 e. The first-order valence-electron chi connectivity index (χ1n) is 8.41. The predicted molar refractivity (Wildman–Crippen MR) is 93.1 cm³/mol. The molecule has 0 aromatic heterocycles. The van der Waals surface area contributed by atoms with Gasteiger partial charge in [0.05, 0.1) is 6.94 Å². The van der Waals surface area contributed by atoms with Crippen molar-refractivity contribution in [2.75, 3.05) is 12.4 Å². The fourth-order valence-corrected chi connectivity index (χ4v) is 3.41. The van der Waals surface area contributed by atoms with Crippen LogP contribution in [0.3, 0.4) is 0 Å². The SMILES string of the molecule is [2H]C1=C(C2(c3cccc(C)c3)Nc3ccccc3C2=O)C(=O)N(C)C1=O. The van der Waals surface area contributed by atoms with Crippen LogP contribution in [0.4, 0.5) is 5.69 Å². The van der Waals surface area contributed by atoms with Gasteiger partial charge in [0, 0.05) is 24.4 Å². The number of rotatable bonds is 2. The number of benzene rings is 2. The number of amides is 2. The van der Waals surface area contributed by atoms with E-state index in [9.17, 15) is 14.4 Å². The lowest BCUT2D eigenvalue weighted by Crippen LogP contribution is -2.44. The molecule has 0 saturated carbocycles. The summed E-state index contributed by atoms with van der Waals surface area (Å²) < 4.78 is 8.22. The van der Waals surface area contributed by atoms with Gasteiger partial charge in [-0.3, -0.25) is 19.3 Å². The highest BCUT2D eigenvalue weighted by Gasteiger charge is 2.54. The summed E-state index contributed by atoms with van der Waals surface area (Å²) in [5, 5.41) is 3.16. The Balaban J connectivity index is 2.04. The highest BCUT2D eigenvalue weighted by Crippen LogP contribution is 2.45. The van der Waals surface area contributed by atoms with Gasteiger partial charge in [-0.15, -0.1) is 0 Å². The molecule has 0 aliphatic carbocycles. The van der Waals surface area contributed by atoms with Crippen LogP contribution >= 0.6 is 0 Å². The Hall–Kier alpha value is -3.21. The minimum absolute atomic E-state index is 0.128. The summed E-state index contributed by atoms with van der Waals surface area (Å²) in [6.07, 6.45) is 0. The quantitative estimate of drug-likeness (QED) is 0.857. The lowest BCUT2D eigenvalue weighted by molar-refractivity contribution is -0.135. The first kappa shape index (κ1) is 14.2. The minimum Gasteiger partial charge on any atom is -0.364 e. The molecule has 124 valence electrons. The molecule has 2 aromatic carbocycles. The number of ketones is 1. The zero-order chi connectivity index (χ0) is 18.6. The van der Waals surface area contributed by atoms with Gasteiger partial charge in [-0.05, 0) is 24.6 Å². The topological polar surface area (TPSA) is 66.5 Å². The summed E-state index contributed by atoms with van der Waals surface area (Å²) in [6.45, 7) is 1.88. The fraction of sp³-hybridized carbons (Fsp3) is 0.150. The third kappa shape index (κ3) is 1.99. The molecule has 1 atom stereocenters. The maximum atomic E-state index is 13.5. The summed E-state index contributed by atoms with van der Waals surface area (Å²) in [4.78, 5) is 39.4. The number of aryl methyl sites for hydroxylation is 1. The average Bonchev–Trinajstić information content (AvgIpc) is 3.03. The van der Waals surface area contributed by atoms with Crippen molar-refractivity contribution in [1.29, 1.82) is 0 Å². The van der Waals surface area contributed by atoms with E-state index in [0.717, 1.165) is 10.5 Å². The molecule has 0 bridgehead atoms. The maximum Gasteiger partial charge on any atom is 0.259 e. The molecule has 2 aliphatic rings. The second-order valence-electron chi connectivity index (χ2n) is 6.29. The van der Waals surface area contributed by atoms with E-state index in [2.05, 4.69) is 5.32 Å². The number of Topliss-reactive ketones (excluding diaryl/α,β-unsaturated/α-hetero) is 1. The number of hydrogen-bond acceptors (Lipinski definition) is 4. The Morgan fingerprint density at radius 1 is 1.08 bits per heavy atom. The van der Waals surface area contributed by atoms with Crippen LogP contribution in [-0.4, -0.2) is 29.5 Å². The van der Waals surface area contributed by atoms with Crippen LogP contribution in [0.2, 0.25) is 0 Å². The van der Waals surface area contributed by atoms with Crippen LogP contribution in [0.25, 0.3) is 0 Å². The average molecular weight is 333 g/mol. The summed E-state index contributed by atoms with van der Waals surface area (Å²) in [5.41, 5.74) is 0.749. The minimum atomic E-state index is -1.58. The monoisotopic (exact) mass is 333 g/mol. The molecule has 0 radical (unpaired) electrons. The number of anilines is 1. The normalized spacial score (nSPS) is 23.0. The first-order valence-corrected chi connectivity index (χ1v) is 7.91. The van der Waals surface area contributed by atoms with E-state index in [0.29, 0.717) is 16.8 Å². The van der Waals surface area contributed by atoms with E-state index in [4.69, 9.17) is 1.37 Å². The maximum absolute atomic E-state index is 13.5. The molecular weight excluding hydrogens is 316 g/mol. The van der Waals surface area contributed by atoms with Gasteiger partial charge in [-0.25, -0.2) is 0 Å². The Morgan fingerprint density at radius 3 is 2.48 bits per heavy atom. The third-order valence-electron chi connectivity index (χ3n) is 4.72. The highest BCUT2D eigenvalue weighted by atomic mass is 16.2. The van der Waals surface area contributed by atoms with Gasteiger partial charge < -0.3 is 5.32 Å². The number of carbonyl (C=O) groups excluding carboxylic acids is 3. The number of carbonyl (C=O) groups is 3. The van der Waals surface area contributed by atoms with Crippen LogP contribution in [0.1, 0.15) is 22.9 Å². The van der Waals surface area contributed by atoms with Gasteiger partial charge in [-0.1, -0.05) is 42.0 Å². The van der Waals surface area contributed by atoms with Crippen molar-refractivity contribution in [2.45, 2.75) is 12.5 Å². The Bertz CT molecular complexity index is 1030. The van der Waals surface area contributed by atoms with E-state index in [1.807, 2.05) is 13.0 Å². The van der Waals surface area contributed by atoms with Gasteiger partial charge in [0.1, 0.15) is 0 Å². The standard InChI is InChI=1S/C20H16N2O3/c1-12-6-5-7-13(10-12)20(15-11-17(23)22(2)19(15)25)18(24)14-8-3-4-9-16(14)21-20/h3-11,21H,1-2H3/i11D. The molecule has 2 aromatic rings. The number of hydrogen-bond donors (Lipinski definition) is 1. The number of para-hydroxylation sites is 1. The largest absolute Gasteiger partial charge is 0.364 e. The van der Waals surface area contributed by atoms with Gasteiger partial charge in [0.15, 0.2) is 11.3 Å². The molecule has 25 heavy (non-hydrogen) atoms. The summed E-state index contributed by atoms with van der Waals surface area (Å²) in [6, 6.07) is 13.7. The Morgan fingerprint density at radius 2 is 1.84 bits per heavy atom. The van der Waals surface area contributed by atoms with Gasteiger partial charge >= 0.3 is 0 Å². The van der Waals surface area contributed by atoms with Gasteiger partial charge in [-0.2, -0.15) is 0 Å². The number of fused-ring (bicyclic) bond motifs is 1. The van der Waals surface area contributed by atoms with Crippen molar-refractivity contribution in [3.8, 4) is 0 Å². The molecule has 2 heterocycles. The van der Waals surface area contributed by atoms with Crippen molar-refractivity contribution < 1.29 is 15.8 Å². The summed E-state index contributed by atoms with van der Waals surface area (Å²) >= 11 is 0. The molecule has 0 fully saturated rings. The van der Waals surface area contributed by atoms with Crippen LogP contribution in [0.15, 0.2) is 60.2 Å². The zero-order valence-electron chi connectivity index (χ0n) is 14.8. The molecule has 2 amide bonds. The molecule has 5 heteroatoms. The Labute approximate surface area is 146 Å². The number of imide groups is 1. The molecule has 2 aliphatic heterocycles. The number of nitrogens with one attached hydrogen (secondary N) is 1. The fourth-order valence-electron chi connectivity index (χ4n) is 3.41. The van der Waals surface area contributed by atoms with E-state index in [-0.39, 0.29) is 11.4 Å². The molecule has 0 spiro atoms. The first-order chi connectivity index (χ1) is 12.4. The molecule has 4 rings (SSSR count). The van der Waals surface area contributed by atoms with Crippen molar-refractivity contribution >= 4 is 23.3 Å². The lowest BCUT2D eigenvalue weighted by atomic mass is 9.78. The van der Waals surface area contributed by atoms with Gasteiger partial charge in [0.2, 0.25) is 0 Å². The van der Waals surface area contributed by atoms with E-state index >= 15 is 0 Å². The lowest BCUT2D eigenvalue weighted by Gasteiger charge is -2.30.